The highest BCUT2D eigenvalue weighted by molar-refractivity contribution is 7.92. The number of H-pyrrole nitrogens is 1. The van der Waals surface area contributed by atoms with Gasteiger partial charge in [-0.1, -0.05) is 13.0 Å². The van der Waals surface area contributed by atoms with Crippen LogP contribution < -0.4 is 14.2 Å². The van der Waals surface area contributed by atoms with E-state index in [1.165, 1.54) is 20.4 Å². The highest BCUT2D eigenvalue weighted by Crippen LogP contribution is 2.34. The lowest BCUT2D eigenvalue weighted by Crippen LogP contribution is -2.18. The second kappa shape index (κ2) is 9.94. The number of methoxy groups -OCH3 is 2. The zero-order valence-corrected chi connectivity index (χ0v) is 20.5. The molecule has 36 heavy (non-hydrogen) atoms. The van der Waals surface area contributed by atoms with Gasteiger partial charge in [0, 0.05) is 28.9 Å². The molecule has 2 aromatic carbocycles. The number of benzene rings is 2. The number of halogens is 2. The first-order chi connectivity index (χ1) is 17.2. The maximum Gasteiger partial charge on any atom is 0.232 e. The number of nitrogens with zero attached hydrogens (tertiary/aromatic N) is 1. The lowest BCUT2D eigenvalue weighted by molar-refractivity contribution is 0.103. The van der Waals surface area contributed by atoms with Crippen LogP contribution in [0.15, 0.2) is 48.8 Å². The van der Waals surface area contributed by atoms with Crippen LogP contribution in [-0.2, 0) is 10.0 Å². The summed E-state index contributed by atoms with van der Waals surface area (Å²) in [6.07, 6.45) is 3.19. The molecule has 2 aromatic heterocycles. The highest BCUT2D eigenvalue weighted by atomic mass is 32.2. The zero-order chi connectivity index (χ0) is 26.0. The van der Waals surface area contributed by atoms with Crippen LogP contribution in [0.3, 0.4) is 0 Å². The van der Waals surface area contributed by atoms with E-state index in [0.717, 1.165) is 12.1 Å². The van der Waals surface area contributed by atoms with Gasteiger partial charge in [0.15, 0.2) is 17.3 Å². The van der Waals surface area contributed by atoms with Crippen molar-refractivity contribution in [2.24, 2.45) is 0 Å². The van der Waals surface area contributed by atoms with Crippen LogP contribution in [0.2, 0.25) is 0 Å². The van der Waals surface area contributed by atoms with Gasteiger partial charge in [0.05, 0.1) is 31.2 Å². The van der Waals surface area contributed by atoms with Crippen molar-refractivity contribution in [2.45, 2.75) is 13.3 Å². The van der Waals surface area contributed by atoms with Gasteiger partial charge in [0.2, 0.25) is 15.8 Å². The van der Waals surface area contributed by atoms with Crippen molar-refractivity contribution < 1.29 is 31.5 Å². The number of hydrogen-bond acceptors (Lipinski definition) is 6. The number of fused-ring (bicyclic) bond motifs is 1. The summed E-state index contributed by atoms with van der Waals surface area (Å²) in [5.41, 5.74) is 0.279. The molecule has 0 fully saturated rings. The topological polar surface area (TPSA) is 110 Å². The summed E-state index contributed by atoms with van der Waals surface area (Å²) in [7, 11) is -0.833. The lowest BCUT2D eigenvalue weighted by Gasteiger charge is -2.11. The average molecular weight is 516 g/mol. The number of sulfonamides is 1. The fourth-order valence-electron chi connectivity index (χ4n) is 3.83. The molecule has 0 aliphatic carbocycles. The molecule has 0 atom stereocenters. The molecule has 4 rings (SSSR count). The Balaban J connectivity index is 1.78. The van der Waals surface area contributed by atoms with Gasteiger partial charge in [-0.25, -0.2) is 22.2 Å². The molecule has 0 aliphatic rings. The molecule has 0 saturated carbocycles. The Kier molecular flexibility index (Phi) is 6.93. The van der Waals surface area contributed by atoms with Gasteiger partial charge in [-0.05, 0) is 42.3 Å². The van der Waals surface area contributed by atoms with E-state index in [4.69, 9.17) is 9.47 Å². The van der Waals surface area contributed by atoms with E-state index in [1.807, 2.05) is 0 Å². The van der Waals surface area contributed by atoms with Gasteiger partial charge in [-0.15, -0.1) is 0 Å². The predicted molar refractivity (Wildman–Crippen MR) is 132 cm³/mol. The minimum absolute atomic E-state index is 0.0220. The molecule has 0 spiro atoms. The maximum atomic E-state index is 15.2. The number of pyridine rings is 1. The summed E-state index contributed by atoms with van der Waals surface area (Å²) in [5.74, 6) is -2.59. The number of ketones is 1. The number of aromatic amines is 1. The molecule has 2 N–H and O–H groups in total. The van der Waals surface area contributed by atoms with E-state index < -0.39 is 38.7 Å². The molecular formula is C25H23F2N3O5S. The van der Waals surface area contributed by atoms with Gasteiger partial charge >= 0.3 is 0 Å². The van der Waals surface area contributed by atoms with Crippen molar-refractivity contribution >= 4 is 32.5 Å². The highest BCUT2D eigenvalue weighted by Gasteiger charge is 2.26. The van der Waals surface area contributed by atoms with E-state index in [0.29, 0.717) is 40.1 Å². The van der Waals surface area contributed by atoms with Crippen molar-refractivity contribution in [3.63, 3.8) is 0 Å². The number of aromatic nitrogens is 2. The Morgan fingerprint density at radius 1 is 1.06 bits per heavy atom. The number of anilines is 1. The molecule has 2 heterocycles. The molecule has 0 saturated heterocycles. The summed E-state index contributed by atoms with van der Waals surface area (Å²) in [5, 5.41) is 0.336. The normalized spacial score (nSPS) is 11.5. The maximum absolute atomic E-state index is 15.2. The minimum atomic E-state index is -3.86. The fraction of sp³-hybridized carbons (Fsp3) is 0.200. The van der Waals surface area contributed by atoms with Crippen LogP contribution in [0.5, 0.6) is 11.5 Å². The summed E-state index contributed by atoms with van der Waals surface area (Å²) >= 11 is 0. The zero-order valence-electron chi connectivity index (χ0n) is 19.7. The van der Waals surface area contributed by atoms with Gasteiger partial charge in [-0.3, -0.25) is 9.52 Å². The summed E-state index contributed by atoms with van der Waals surface area (Å²) in [6, 6.07) is 8.70. The number of carbonyl (C=O) groups is 1. The smallest absolute Gasteiger partial charge is 0.232 e. The second-order valence-corrected chi connectivity index (χ2v) is 9.77. The van der Waals surface area contributed by atoms with Crippen LogP contribution in [0.4, 0.5) is 14.5 Å². The van der Waals surface area contributed by atoms with Crippen molar-refractivity contribution in [2.75, 3.05) is 24.7 Å². The molecule has 0 unspecified atom stereocenters. The van der Waals surface area contributed by atoms with E-state index in [9.17, 15) is 17.6 Å². The van der Waals surface area contributed by atoms with Crippen LogP contribution in [0.1, 0.15) is 29.3 Å². The Hall–Kier alpha value is -3.99. The van der Waals surface area contributed by atoms with Gasteiger partial charge < -0.3 is 14.5 Å². The number of hydrogen-bond donors (Lipinski definition) is 2. The minimum Gasteiger partial charge on any atom is -0.493 e. The largest absolute Gasteiger partial charge is 0.493 e. The lowest BCUT2D eigenvalue weighted by atomic mass is 9.99. The summed E-state index contributed by atoms with van der Waals surface area (Å²) in [4.78, 5) is 20.5. The first-order valence-corrected chi connectivity index (χ1v) is 12.6. The Bertz CT molecular complexity index is 1570. The predicted octanol–water partition coefficient (Wildman–Crippen LogP) is 4.91. The molecular weight excluding hydrogens is 492 g/mol. The molecule has 4 aromatic rings. The van der Waals surface area contributed by atoms with Gasteiger partial charge in [-0.2, -0.15) is 0 Å². The Labute approximate surface area is 206 Å². The third-order valence-corrected chi connectivity index (χ3v) is 7.03. The third-order valence-electron chi connectivity index (χ3n) is 5.55. The molecule has 0 radical (unpaired) electrons. The average Bonchev–Trinajstić information content (AvgIpc) is 3.28. The molecule has 11 heteroatoms. The van der Waals surface area contributed by atoms with Gasteiger partial charge in [0.25, 0.3) is 0 Å². The SMILES string of the molecule is CCCS(=O)(=O)Nc1ccc(F)c(C(=O)c2c[nH]c3ncc(-c4ccc(OC)c(OC)c4)cc23)c1F. The summed E-state index contributed by atoms with van der Waals surface area (Å²) < 4.78 is 66.7. The molecule has 0 amide bonds. The quantitative estimate of drug-likeness (QED) is 0.307. The van der Waals surface area contributed by atoms with Crippen molar-refractivity contribution in [3.8, 4) is 22.6 Å². The van der Waals surface area contributed by atoms with Crippen molar-refractivity contribution in [1.29, 1.82) is 0 Å². The summed E-state index contributed by atoms with van der Waals surface area (Å²) in [6.45, 7) is 1.65. The first kappa shape index (κ1) is 25.1. The fourth-order valence-corrected chi connectivity index (χ4v) is 4.96. The third kappa shape index (κ3) is 4.74. The first-order valence-electron chi connectivity index (χ1n) is 10.9. The molecule has 188 valence electrons. The van der Waals surface area contributed by atoms with Gasteiger partial charge in [0.1, 0.15) is 11.5 Å². The number of carbonyl (C=O) groups excluding carboxylic acids is 1. The van der Waals surface area contributed by atoms with Crippen LogP contribution in [0, 0.1) is 11.6 Å². The van der Waals surface area contributed by atoms with Crippen molar-refractivity contribution in [1.82, 2.24) is 9.97 Å². The second-order valence-electron chi connectivity index (χ2n) is 7.93. The van der Waals surface area contributed by atoms with E-state index in [2.05, 4.69) is 14.7 Å². The number of rotatable bonds is 9. The van der Waals surface area contributed by atoms with E-state index in [-0.39, 0.29) is 11.3 Å². The number of nitrogens with one attached hydrogen (secondary N) is 2. The molecule has 0 aliphatic heterocycles. The van der Waals surface area contributed by atoms with Crippen LogP contribution >= 0.6 is 0 Å². The van der Waals surface area contributed by atoms with Crippen molar-refractivity contribution in [3.05, 3.63) is 71.6 Å². The number of ether oxygens (including phenoxy) is 2. The van der Waals surface area contributed by atoms with E-state index >= 15 is 4.39 Å². The van der Waals surface area contributed by atoms with E-state index in [1.54, 1.807) is 37.4 Å². The van der Waals surface area contributed by atoms with Crippen LogP contribution in [0.25, 0.3) is 22.2 Å². The molecule has 0 bridgehead atoms. The standard InChI is InChI=1S/C25H23F2N3O5S/c1-4-9-36(32,33)30-19-7-6-18(26)22(23(19)27)24(31)17-13-29-25-16(17)10-15(12-28-25)14-5-8-20(34-2)21(11-14)35-3/h5-8,10-13,30H,4,9H2,1-3H3,(H,28,29). The van der Waals surface area contributed by atoms with Crippen LogP contribution in [-0.4, -0.2) is 44.1 Å². The Morgan fingerprint density at radius 2 is 1.81 bits per heavy atom. The molecule has 8 nitrogen and oxygen atoms in total. The Morgan fingerprint density at radius 3 is 2.50 bits per heavy atom. The monoisotopic (exact) mass is 515 g/mol.